The molecule has 4 aromatic rings. The number of rotatable bonds is 4. The number of halogens is 2. The van der Waals surface area contributed by atoms with Crippen LogP contribution in [0.15, 0.2) is 27.1 Å². The van der Waals surface area contributed by atoms with Crippen LogP contribution in [0.5, 0.6) is 0 Å². The molecule has 0 aliphatic carbocycles. The Morgan fingerprint density at radius 1 is 1.12 bits per heavy atom. The lowest BCUT2D eigenvalue weighted by molar-refractivity contribution is -0.115. The molecule has 1 amide bonds. The van der Waals surface area contributed by atoms with E-state index in [-0.39, 0.29) is 22.7 Å². The smallest absolute Gasteiger partial charge is 0.302 e. The van der Waals surface area contributed by atoms with E-state index in [9.17, 15) is 23.2 Å². The lowest BCUT2D eigenvalue weighted by atomic mass is 10.1. The molecular formula is C21H18F2N4O3S2. The first-order valence-electron chi connectivity index (χ1n) is 9.47. The third kappa shape index (κ3) is 3.67. The first kappa shape index (κ1) is 22.0. The molecule has 0 saturated heterocycles. The molecule has 0 bridgehead atoms. The molecule has 32 heavy (non-hydrogen) atoms. The molecule has 0 saturated carbocycles. The van der Waals surface area contributed by atoms with E-state index >= 15 is 0 Å². The SMILES string of the molecule is Cc1sc2c(c1CC(=O)Nc1nc(-c3cc(F)c(C)c(F)c3)cs1)c(=O)n(C)c(=O)n2C. The standard InChI is InChI=1S/C21H18F2N4O3S2/c1-9-13(22)5-11(6-14(9)23)15-8-31-20(24-15)25-16(28)7-12-10(2)32-19-17(12)18(29)26(3)21(30)27(19)4/h5-6,8H,7H2,1-4H3,(H,24,25,28). The third-order valence-electron chi connectivity index (χ3n) is 5.25. The summed E-state index contributed by atoms with van der Waals surface area (Å²) >= 11 is 2.40. The Kier molecular flexibility index (Phi) is 5.55. The van der Waals surface area contributed by atoms with Crippen molar-refractivity contribution in [3.63, 3.8) is 0 Å². The topological polar surface area (TPSA) is 86.0 Å². The monoisotopic (exact) mass is 476 g/mol. The lowest BCUT2D eigenvalue weighted by Crippen LogP contribution is -2.36. The largest absolute Gasteiger partial charge is 0.331 e. The summed E-state index contributed by atoms with van der Waals surface area (Å²) in [7, 11) is 2.98. The number of nitrogens with zero attached hydrogens (tertiary/aromatic N) is 3. The second kappa shape index (κ2) is 8.06. The average Bonchev–Trinajstić information content (AvgIpc) is 3.33. The van der Waals surface area contributed by atoms with Crippen molar-refractivity contribution < 1.29 is 13.6 Å². The van der Waals surface area contributed by atoms with Crippen LogP contribution >= 0.6 is 22.7 Å². The van der Waals surface area contributed by atoms with Crippen LogP contribution in [0.25, 0.3) is 21.5 Å². The minimum atomic E-state index is -0.672. The number of carbonyl (C=O) groups is 1. The van der Waals surface area contributed by atoms with E-state index in [0.717, 1.165) is 20.8 Å². The Hall–Kier alpha value is -3.18. The maximum Gasteiger partial charge on any atom is 0.331 e. The number of amides is 1. The first-order chi connectivity index (χ1) is 15.1. The van der Waals surface area contributed by atoms with Crippen LogP contribution in [-0.2, 0) is 25.3 Å². The minimum Gasteiger partial charge on any atom is -0.302 e. The van der Waals surface area contributed by atoms with Crippen LogP contribution in [0, 0.1) is 25.5 Å². The van der Waals surface area contributed by atoms with Crippen molar-refractivity contribution in [2.45, 2.75) is 20.3 Å². The number of nitrogens with one attached hydrogen (secondary N) is 1. The molecule has 0 unspecified atom stereocenters. The summed E-state index contributed by atoms with van der Waals surface area (Å²) < 4.78 is 30.1. The molecule has 1 aromatic carbocycles. The number of fused-ring (bicyclic) bond motifs is 1. The predicted molar refractivity (Wildman–Crippen MR) is 122 cm³/mol. The maximum absolute atomic E-state index is 13.9. The van der Waals surface area contributed by atoms with Crippen molar-refractivity contribution in [3.8, 4) is 11.3 Å². The fourth-order valence-corrected chi connectivity index (χ4v) is 5.23. The number of aromatic nitrogens is 3. The number of carbonyl (C=O) groups excluding carboxylic acids is 1. The number of benzene rings is 1. The summed E-state index contributed by atoms with van der Waals surface area (Å²) in [6.45, 7) is 3.14. The zero-order chi connectivity index (χ0) is 23.3. The number of thiazole rings is 1. The van der Waals surface area contributed by atoms with Gasteiger partial charge in [-0.25, -0.2) is 18.6 Å². The summed E-state index contributed by atoms with van der Waals surface area (Å²) in [5.74, 6) is -1.74. The molecule has 3 heterocycles. The second-order valence-corrected chi connectivity index (χ2v) is 9.41. The Morgan fingerprint density at radius 2 is 1.78 bits per heavy atom. The lowest BCUT2D eigenvalue weighted by Gasteiger charge is -2.05. The molecule has 1 N–H and O–H groups in total. The molecule has 0 fully saturated rings. The van der Waals surface area contributed by atoms with Gasteiger partial charge in [0.25, 0.3) is 5.56 Å². The van der Waals surface area contributed by atoms with E-state index in [1.165, 1.54) is 42.0 Å². The molecule has 0 radical (unpaired) electrons. The van der Waals surface area contributed by atoms with Gasteiger partial charge >= 0.3 is 5.69 Å². The highest BCUT2D eigenvalue weighted by Crippen LogP contribution is 2.30. The number of anilines is 1. The van der Waals surface area contributed by atoms with Crippen molar-refractivity contribution in [2.24, 2.45) is 14.1 Å². The van der Waals surface area contributed by atoms with E-state index in [2.05, 4.69) is 10.3 Å². The number of hydrogen-bond donors (Lipinski definition) is 1. The number of thiophene rings is 1. The molecule has 0 spiro atoms. The zero-order valence-electron chi connectivity index (χ0n) is 17.6. The Morgan fingerprint density at radius 3 is 2.44 bits per heavy atom. The molecule has 7 nitrogen and oxygen atoms in total. The van der Waals surface area contributed by atoms with Gasteiger partial charge in [-0.15, -0.1) is 22.7 Å². The van der Waals surface area contributed by atoms with E-state index in [4.69, 9.17) is 0 Å². The Balaban J connectivity index is 1.61. The van der Waals surface area contributed by atoms with Gasteiger partial charge in [0.2, 0.25) is 5.91 Å². The van der Waals surface area contributed by atoms with Crippen LogP contribution in [0.4, 0.5) is 13.9 Å². The number of aryl methyl sites for hydroxylation is 2. The number of hydrogen-bond acceptors (Lipinski definition) is 6. The molecule has 4 rings (SSSR count). The molecule has 11 heteroatoms. The summed E-state index contributed by atoms with van der Waals surface area (Å²) in [6, 6.07) is 2.39. The summed E-state index contributed by atoms with van der Waals surface area (Å²) in [4.78, 5) is 43.0. The van der Waals surface area contributed by atoms with Gasteiger partial charge in [-0.2, -0.15) is 0 Å². The highest BCUT2D eigenvalue weighted by atomic mass is 32.1. The molecular weight excluding hydrogens is 458 g/mol. The van der Waals surface area contributed by atoms with E-state index in [0.29, 0.717) is 21.5 Å². The van der Waals surface area contributed by atoms with E-state index in [1.54, 1.807) is 19.4 Å². The fourth-order valence-electron chi connectivity index (χ4n) is 3.38. The highest BCUT2D eigenvalue weighted by molar-refractivity contribution is 7.18. The second-order valence-electron chi connectivity index (χ2n) is 7.35. The van der Waals surface area contributed by atoms with Gasteiger partial charge < -0.3 is 5.32 Å². The van der Waals surface area contributed by atoms with Crippen LogP contribution < -0.4 is 16.6 Å². The first-order valence-corrected chi connectivity index (χ1v) is 11.2. The normalized spacial score (nSPS) is 11.3. The van der Waals surface area contributed by atoms with Crippen molar-refractivity contribution in [1.82, 2.24) is 14.1 Å². The van der Waals surface area contributed by atoms with Gasteiger partial charge in [-0.3, -0.25) is 18.7 Å². The summed E-state index contributed by atoms with van der Waals surface area (Å²) in [5.41, 5.74) is 0.211. The van der Waals surface area contributed by atoms with Gasteiger partial charge in [-0.05, 0) is 31.5 Å². The molecule has 3 aromatic heterocycles. The van der Waals surface area contributed by atoms with Gasteiger partial charge in [0.15, 0.2) is 5.13 Å². The van der Waals surface area contributed by atoms with Crippen LogP contribution in [-0.4, -0.2) is 20.0 Å². The van der Waals surface area contributed by atoms with Gasteiger partial charge in [0, 0.05) is 35.5 Å². The van der Waals surface area contributed by atoms with Crippen molar-refractivity contribution in [3.05, 3.63) is 66.0 Å². The Labute approximate surface area is 188 Å². The van der Waals surface area contributed by atoms with Crippen LogP contribution in [0.3, 0.4) is 0 Å². The van der Waals surface area contributed by atoms with Gasteiger partial charge in [0.1, 0.15) is 16.5 Å². The molecule has 0 aliphatic heterocycles. The summed E-state index contributed by atoms with van der Waals surface area (Å²) in [6.07, 6.45) is -0.0814. The zero-order valence-corrected chi connectivity index (χ0v) is 19.2. The van der Waals surface area contributed by atoms with Crippen molar-refractivity contribution in [1.29, 1.82) is 0 Å². The van der Waals surface area contributed by atoms with Gasteiger partial charge in [0.05, 0.1) is 17.5 Å². The maximum atomic E-state index is 13.9. The van der Waals surface area contributed by atoms with E-state index in [1.807, 2.05) is 0 Å². The minimum absolute atomic E-state index is 0.0699. The summed E-state index contributed by atoms with van der Waals surface area (Å²) in [5, 5.41) is 4.88. The molecule has 0 aliphatic rings. The molecule has 0 atom stereocenters. The quantitative estimate of drug-likeness (QED) is 0.489. The molecule has 166 valence electrons. The van der Waals surface area contributed by atoms with Crippen molar-refractivity contribution >= 4 is 43.9 Å². The average molecular weight is 477 g/mol. The van der Waals surface area contributed by atoms with E-state index < -0.39 is 28.8 Å². The Bertz CT molecular complexity index is 1490. The van der Waals surface area contributed by atoms with Crippen LogP contribution in [0.2, 0.25) is 0 Å². The fraction of sp³-hybridized carbons (Fsp3) is 0.238. The predicted octanol–water partition coefficient (Wildman–Crippen LogP) is 3.50. The third-order valence-corrected chi connectivity index (χ3v) is 7.23. The van der Waals surface area contributed by atoms with Crippen molar-refractivity contribution in [2.75, 3.05) is 5.32 Å². The highest BCUT2D eigenvalue weighted by Gasteiger charge is 2.20. The van der Waals surface area contributed by atoms with Gasteiger partial charge in [-0.1, -0.05) is 0 Å². The van der Waals surface area contributed by atoms with Crippen LogP contribution in [0.1, 0.15) is 16.0 Å².